The van der Waals surface area contributed by atoms with Crippen LogP contribution in [0.3, 0.4) is 0 Å². The first-order chi connectivity index (χ1) is 10.1. The van der Waals surface area contributed by atoms with Crippen molar-refractivity contribution >= 4 is 0 Å². The third kappa shape index (κ3) is 2.00. The fourth-order valence-electron chi connectivity index (χ4n) is 6.62. The first kappa shape index (κ1) is 14.1. The van der Waals surface area contributed by atoms with Crippen molar-refractivity contribution in [2.75, 3.05) is 0 Å². The Hall–Kier alpha value is -0.560. The number of fused-ring (bicyclic) bond motifs is 4. The van der Waals surface area contributed by atoms with E-state index in [2.05, 4.69) is 19.6 Å². The van der Waals surface area contributed by atoms with Gasteiger partial charge in [-0.25, -0.2) is 0 Å². The molecule has 21 heavy (non-hydrogen) atoms. The SMILES string of the molecule is C=C[C@H]1CC[C@H]2[C@@H]3CCC4=C(CCC(O)C4)[C@H]3CC[C@]12C. The second kappa shape index (κ2) is 4.98. The van der Waals surface area contributed by atoms with Gasteiger partial charge in [0.25, 0.3) is 0 Å². The Balaban J connectivity index is 1.63. The summed E-state index contributed by atoms with van der Waals surface area (Å²) in [6.07, 6.45) is 13.7. The first-order valence-corrected chi connectivity index (χ1v) is 9.15. The highest BCUT2D eigenvalue weighted by molar-refractivity contribution is 5.27. The molecule has 0 bridgehead atoms. The summed E-state index contributed by atoms with van der Waals surface area (Å²) in [6.45, 7) is 6.68. The van der Waals surface area contributed by atoms with Gasteiger partial charge in [-0.3, -0.25) is 0 Å². The average Bonchev–Trinajstić information content (AvgIpc) is 2.83. The molecule has 0 amide bonds. The van der Waals surface area contributed by atoms with Crippen molar-refractivity contribution in [1.82, 2.24) is 0 Å². The number of hydrogen-bond acceptors (Lipinski definition) is 1. The molecule has 116 valence electrons. The van der Waals surface area contributed by atoms with Gasteiger partial charge >= 0.3 is 0 Å². The van der Waals surface area contributed by atoms with Crippen LogP contribution in [-0.2, 0) is 0 Å². The molecule has 1 heteroatoms. The minimum Gasteiger partial charge on any atom is -0.393 e. The minimum atomic E-state index is -0.0502. The van der Waals surface area contributed by atoms with E-state index in [9.17, 15) is 5.11 Å². The van der Waals surface area contributed by atoms with Crippen molar-refractivity contribution in [1.29, 1.82) is 0 Å². The van der Waals surface area contributed by atoms with Crippen LogP contribution in [-0.4, -0.2) is 11.2 Å². The number of hydrogen-bond donors (Lipinski definition) is 1. The second-order valence-corrected chi connectivity index (χ2v) is 8.40. The normalized spacial score (nSPS) is 49.3. The summed E-state index contributed by atoms with van der Waals surface area (Å²) in [5.41, 5.74) is 3.98. The summed E-state index contributed by atoms with van der Waals surface area (Å²) >= 11 is 0. The molecular weight excluding hydrogens is 256 g/mol. The zero-order valence-electron chi connectivity index (χ0n) is 13.5. The number of allylic oxidation sites excluding steroid dienone is 2. The van der Waals surface area contributed by atoms with Crippen molar-refractivity contribution in [3.05, 3.63) is 23.8 Å². The van der Waals surface area contributed by atoms with Crippen LogP contribution in [0.4, 0.5) is 0 Å². The van der Waals surface area contributed by atoms with Gasteiger partial charge in [0.15, 0.2) is 0 Å². The van der Waals surface area contributed by atoms with E-state index in [1.54, 1.807) is 11.1 Å². The maximum atomic E-state index is 9.96. The topological polar surface area (TPSA) is 20.2 Å². The third-order valence-electron chi connectivity index (χ3n) is 7.71. The first-order valence-electron chi connectivity index (χ1n) is 9.15. The van der Waals surface area contributed by atoms with Crippen LogP contribution in [0.15, 0.2) is 23.8 Å². The van der Waals surface area contributed by atoms with Crippen LogP contribution in [0.5, 0.6) is 0 Å². The van der Waals surface area contributed by atoms with Crippen LogP contribution in [0, 0.1) is 29.1 Å². The monoisotopic (exact) mass is 286 g/mol. The highest BCUT2D eigenvalue weighted by Gasteiger charge is 2.54. The zero-order chi connectivity index (χ0) is 14.6. The minimum absolute atomic E-state index is 0.0502. The van der Waals surface area contributed by atoms with Crippen molar-refractivity contribution in [3.8, 4) is 0 Å². The van der Waals surface area contributed by atoms with Crippen LogP contribution in [0.1, 0.15) is 64.7 Å². The highest BCUT2D eigenvalue weighted by atomic mass is 16.3. The molecule has 2 fully saturated rings. The van der Waals surface area contributed by atoms with Gasteiger partial charge in [0.05, 0.1) is 6.10 Å². The van der Waals surface area contributed by atoms with E-state index in [4.69, 9.17) is 0 Å². The van der Waals surface area contributed by atoms with E-state index in [1.165, 1.54) is 44.9 Å². The zero-order valence-corrected chi connectivity index (χ0v) is 13.5. The fraction of sp³-hybridized carbons (Fsp3) is 0.800. The molecular formula is C20H30O. The Kier molecular flexibility index (Phi) is 3.33. The molecule has 1 N–H and O–H groups in total. The Labute approximate surface area is 129 Å². The molecule has 1 unspecified atom stereocenters. The summed E-state index contributed by atoms with van der Waals surface area (Å²) in [4.78, 5) is 0. The van der Waals surface area contributed by atoms with Crippen molar-refractivity contribution in [2.24, 2.45) is 29.1 Å². The van der Waals surface area contributed by atoms with Gasteiger partial charge in [-0.2, -0.15) is 0 Å². The maximum absolute atomic E-state index is 9.96. The highest BCUT2D eigenvalue weighted by Crippen LogP contribution is 2.63. The molecule has 0 spiro atoms. The van der Waals surface area contributed by atoms with Gasteiger partial charge in [0, 0.05) is 0 Å². The number of aliphatic hydroxyl groups is 1. The molecule has 1 nitrogen and oxygen atoms in total. The molecule has 6 atom stereocenters. The molecule has 4 rings (SSSR count). The van der Waals surface area contributed by atoms with E-state index in [1.807, 2.05) is 0 Å². The summed E-state index contributed by atoms with van der Waals surface area (Å²) in [6, 6.07) is 0. The van der Waals surface area contributed by atoms with Gasteiger partial charge in [0.1, 0.15) is 0 Å². The number of rotatable bonds is 1. The Bertz CT molecular complexity index is 476. The van der Waals surface area contributed by atoms with Crippen LogP contribution in [0.25, 0.3) is 0 Å². The van der Waals surface area contributed by atoms with Crippen LogP contribution in [0.2, 0.25) is 0 Å². The lowest BCUT2D eigenvalue weighted by molar-refractivity contribution is 0.0212. The molecule has 0 aromatic rings. The van der Waals surface area contributed by atoms with Crippen molar-refractivity contribution < 1.29 is 5.11 Å². The maximum Gasteiger partial charge on any atom is 0.0580 e. The molecule has 0 aliphatic heterocycles. The molecule has 0 aromatic heterocycles. The van der Waals surface area contributed by atoms with E-state index < -0.39 is 0 Å². The molecule has 4 aliphatic carbocycles. The quantitative estimate of drug-likeness (QED) is 0.682. The largest absolute Gasteiger partial charge is 0.393 e. The van der Waals surface area contributed by atoms with E-state index >= 15 is 0 Å². The second-order valence-electron chi connectivity index (χ2n) is 8.40. The van der Waals surface area contributed by atoms with Crippen molar-refractivity contribution in [2.45, 2.75) is 70.8 Å². The molecule has 0 aromatic carbocycles. The predicted molar refractivity (Wildman–Crippen MR) is 86.8 cm³/mol. The lowest BCUT2D eigenvalue weighted by Crippen LogP contribution is -2.43. The standard InChI is InChI=1S/C20H30O/c1-3-14-5-9-19-18-7-4-13-12-15(21)6-8-16(13)17(18)10-11-20(14,19)2/h3,14-15,17-19,21H,1,4-12H2,2H3/t14-,15?,17+,18+,19-,20+/m0/s1. The Morgan fingerprint density at radius 3 is 2.81 bits per heavy atom. The lowest BCUT2D eigenvalue weighted by Gasteiger charge is -2.52. The van der Waals surface area contributed by atoms with Crippen molar-refractivity contribution in [3.63, 3.8) is 0 Å². The van der Waals surface area contributed by atoms with Crippen LogP contribution < -0.4 is 0 Å². The summed E-state index contributed by atoms with van der Waals surface area (Å²) in [5.74, 6) is 3.48. The van der Waals surface area contributed by atoms with Gasteiger partial charge in [0.2, 0.25) is 0 Å². The van der Waals surface area contributed by atoms with Gasteiger partial charge in [-0.05, 0) is 86.9 Å². The summed E-state index contributed by atoms with van der Waals surface area (Å²) in [5, 5.41) is 9.96. The Morgan fingerprint density at radius 1 is 1.14 bits per heavy atom. The molecule has 0 saturated heterocycles. The smallest absolute Gasteiger partial charge is 0.0580 e. The Morgan fingerprint density at radius 2 is 2.00 bits per heavy atom. The summed E-state index contributed by atoms with van der Waals surface area (Å²) < 4.78 is 0. The van der Waals surface area contributed by atoms with E-state index in [0.29, 0.717) is 5.41 Å². The lowest BCUT2D eigenvalue weighted by atomic mass is 9.53. The van der Waals surface area contributed by atoms with Crippen LogP contribution >= 0.6 is 0 Å². The van der Waals surface area contributed by atoms with Gasteiger partial charge < -0.3 is 5.11 Å². The molecule has 2 saturated carbocycles. The molecule has 4 aliphatic rings. The number of aliphatic hydroxyl groups excluding tert-OH is 1. The molecule has 0 heterocycles. The fourth-order valence-corrected chi connectivity index (χ4v) is 6.62. The predicted octanol–water partition coefficient (Wildman–Crippen LogP) is 4.87. The van der Waals surface area contributed by atoms with Gasteiger partial charge in [-0.15, -0.1) is 6.58 Å². The van der Waals surface area contributed by atoms with E-state index in [0.717, 1.165) is 36.5 Å². The summed E-state index contributed by atoms with van der Waals surface area (Å²) in [7, 11) is 0. The average molecular weight is 286 g/mol. The van der Waals surface area contributed by atoms with Gasteiger partial charge in [-0.1, -0.05) is 24.1 Å². The van der Waals surface area contributed by atoms with E-state index in [-0.39, 0.29) is 6.10 Å². The third-order valence-corrected chi connectivity index (χ3v) is 7.71. The molecule has 0 radical (unpaired) electrons.